The standard InChI is InChI=1S/C48H53NO12S/c1-28-25-29(2)37-27-41(59-40(37)26-28)44-49-42-38(60-47(53)33-11-9-31(10-12-33)45(51)55-4)21-22-39(43(42)62-44)61-48(54)34-15-13-32(14-16-34)46(52)58-36-19-17-35(18-20-36)57-24-8-6-5-7-23-56-30(3)50/h17-22,25-27,31-34H,5-16,23-24H2,1-4H3/t31-,32-,33-,34-. The molecule has 7 rings (SSSR count). The summed E-state index contributed by atoms with van der Waals surface area (Å²) in [5, 5.41) is 1.50. The second-order valence-corrected chi connectivity index (χ2v) is 17.3. The average molecular weight is 868 g/mol. The predicted molar refractivity (Wildman–Crippen MR) is 231 cm³/mol. The van der Waals surface area contributed by atoms with Gasteiger partial charge in [-0.1, -0.05) is 6.07 Å². The molecule has 0 radical (unpaired) electrons. The molecule has 0 N–H and O–H groups in total. The van der Waals surface area contributed by atoms with E-state index in [0.717, 1.165) is 47.8 Å². The molecule has 2 fully saturated rings. The Bertz CT molecular complexity index is 2400. The third kappa shape index (κ3) is 11.0. The first kappa shape index (κ1) is 44.3. The van der Waals surface area contributed by atoms with Crippen molar-refractivity contribution in [1.29, 1.82) is 0 Å². The molecule has 328 valence electrons. The molecule has 14 heteroatoms. The highest BCUT2D eigenvalue weighted by molar-refractivity contribution is 7.22. The van der Waals surface area contributed by atoms with Crippen LogP contribution in [0.1, 0.15) is 95.1 Å². The largest absolute Gasteiger partial charge is 0.494 e. The van der Waals surface area contributed by atoms with E-state index in [1.54, 1.807) is 36.4 Å². The van der Waals surface area contributed by atoms with E-state index in [9.17, 15) is 24.0 Å². The maximum Gasteiger partial charge on any atom is 0.314 e. The van der Waals surface area contributed by atoms with Crippen LogP contribution in [-0.4, -0.2) is 55.2 Å². The van der Waals surface area contributed by atoms with Crippen LogP contribution in [0.2, 0.25) is 0 Å². The van der Waals surface area contributed by atoms with E-state index in [1.165, 1.54) is 25.4 Å². The topological polar surface area (TPSA) is 167 Å². The van der Waals surface area contributed by atoms with E-state index in [-0.39, 0.29) is 41.4 Å². The minimum Gasteiger partial charge on any atom is -0.494 e. The Kier molecular flexibility index (Phi) is 14.6. The molecule has 0 amide bonds. The highest BCUT2D eigenvalue weighted by Crippen LogP contribution is 2.43. The van der Waals surface area contributed by atoms with Crippen LogP contribution < -0.4 is 18.9 Å². The van der Waals surface area contributed by atoms with Gasteiger partial charge in [-0.15, -0.1) is 11.3 Å². The van der Waals surface area contributed by atoms with Crippen molar-refractivity contribution in [2.75, 3.05) is 20.3 Å². The summed E-state index contributed by atoms with van der Waals surface area (Å²) in [7, 11) is 1.37. The fraction of sp³-hybridized carbons (Fsp3) is 0.458. The van der Waals surface area contributed by atoms with Crippen LogP contribution in [0.25, 0.3) is 32.0 Å². The van der Waals surface area contributed by atoms with Crippen molar-refractivity contribution < 1.29 is 56.8 Å². The van der Waals surface area contributed by atoms with Gasteiger partial charge in [-0.05, 0) is 151 Å². The number of nitrogens with zero attached hydrogens (tertiary/aromatic N) is 1. The first-order valence-corrected chi connectivity index (χ1v) is 22.3. The number of ether oxygens (including phenoxy) is 6. The first-order chi connectivity index (χ1) is 29.9. The summed E-state index contributed by atoms with van der Waals surface area (Å²) in [6.07, 6.45) is 7.58. The number of rotatable bonds is 16. The zero-order chi connectivity index (χ0) is 43.8. The van der Waals surface area contributed by atoms with Crippen LogP contribution in [0.15, 0.2) is 59.0 Å². The SMILES string of the molecule is COC(=O)[C@H]1CC[C@H](C(=O)Oc2ccc(OC(=O)[C@H]3CC[C@H](C(=O)Oc4ccc(OCCCCCCOC(C)=O)cc4)CC3)c3sc(-c4cc5c(C)cc(C)cc5o4)nc23)CC1. The van der Waals surface area contributed by atoms with Gasteiger partial charge in [0, 0.05) is 12.3 Å². The molecule has 62 heavy (non-hydrogen) atoms. The van der Waals surface area contributed by atoms with Crippen molar-refractivity contribution in [1.82, 2.24) is 4.98 Å². The fourth-order valence-electron chi connectivity index (χ4n) is 8.27. The van der Waals surface area contributed by atoms with E-state index in [1.807, 2.05) is 26.0 Å². The second kappa shape index (κ2) is 20.4. The van der Waals surface area contributed by atoms with Gasteiger partial charge in [0.1, 0.15) is 27.3 Å². The van der Waals surface area contributed by atoms with E-state index in [0.29, 0.717) is 103 Å². The summed E-state index contributed by atoms with van der Waals surface area (Å²) < 4.78 is 40.2. The molecule has 0 unspecified atom stereocenters. The number of methoxy groups -OCH3 is 1. The maximum atomic E-state index is 13.7. The van der Waals surface area contributed by atoms with Crippen LogP contribution in [0.4, 0.5) is 0 Å². The zero-order valence-corrected chi connectivity index (χ0v) is 36.5. The highest BCUT2D eigenvalue weighted by atomic mass is 32.1. The Morgan fingerprint density at radius 3 is 1.82 bits per heavy atom. The number of hydrogen-bond acceptors (Lipinski definition) is 14. The fourth-order valence-corrected chi connectivity index (χ4v) is 9.25. The minimum absolute atomic E-state index is 0.227. The van der Waals surface area contributed by atoms with Crippen molar-refractivity contribution in [2.45, 2.75) is 97.8 Å². The second-order valence-electron chi connectivity index (χ2n) is 16.3. The number of benzene rings is 3. The highest BCUT2D eigenvalue weighted by Gasteiger charge is 2.34. The van der Waals surface area contributed by atoms with Crippen LogP contribution in [0.3, 0.4) is 0 Å². The van der Waals surface area contributed by atoms with Crippen LogP contribution in [0.5, 0.6) is 23.0 Å². The summed E-state index contributed by atoms with van der Waals surface area (Å²) in [4.78, 5) is 68.1. The number of carbonyl (C=O) groups excluding carboxylic acids is 5. The Balaban J connectivity index is 0.963. The number of aromatic nitrogens is 1. The Hall–Kier alpha value is -5.76. The molecule has 2 aliphatic carbocycles. The normalized spacial score (nSPS) is 18.8. The lowest BCUT2D eigenvalue weighted by atomic mass is 9.82. The first-order valence-electron chi connectivity index (χ1n) is 21.5. The molecule has 0 spiro atoms. The van der Waals surface area contributed by atoms with Gasteiger partial charge in [0.25, 0.3) is 0 Å². The number of hydrogen-bond donors (Lipinski definition) is 0. The molecule has 2 heterocycles. The van der Waals surface area contributed by atoms with Gasteiger partial charge in [0.05, 0.1) is 44.0 Å². The van der Waals surface area contributed by atoms with Gasteiger partial charge in [-0.3, -0.25) is 24.0 Å². The van der Waals surface area contributed by atoms with Crippen molar-refractivity contribution in [2.24, 2.45) is 23.7 Å². The van der Waals surface area contributed by atoms with Crippen molar-refractivity contribution >= 4 is 62.4 Å². The smallest absolute Gasteiger partial charge is 0.314 e. The summed E-state index contributed by atoms with van der Waals surface area (Å²) in [5.41, 5.74) is 3.24. The number of unbranched alkanes of at least 4 members (excludes halogenated alkanes) is 3. The third-order valence-corrected chi connectivity index (χ3v) is 12.8. The van der Waals surface area contributed by atoms with Crippen molar-refractivity contribution in [3.8, 4) is 33.8 Å². The molecule has 2 aliphatic rings. The van der Waals surface area contributed by atoms with E-state index in [2.05, 4.69) is 6.07 Å². The number of aryl methyl sites for hydroxylation is 2. The summed E-state index contributed by atoms with van der Waals surface area (Å²) in [6.45, 7) is 6.44. The third-order valence-electron chi connectivity index (χ3n) is 11.7. The van der Waals surface area contributed by atoms with Gasteiger partial charge in [-0.2, -0.15) is 0 Å². The molecular weight excluding hydrogens is 815 g/mol. The number of esters is 5. The molecule has 0 saturated heterocycles. The molecular formula is C48H53NO12S. The molecule has 13 nitrogen and oxygen atoms in total. The minimum atomic E-state index is -0.425. The number of thiazole rings is 1. The summed E-state index contributed by atoms with van der Waals surface area (Å²) >= 11 is 1.28. The molecule has 2 saturated carbocycles. The Labute approximate surface area is 364 Å². The molecule has 0 atom stereocenters. The lowest BCUT2D eigenvalue weighted by molar-refractivity contribution is -0.149. The van der Waals surface area contributed by atoms with Gasteiger partial charge in [0.15, 0.2) is 22.3 Å². The van der Waals surface area contributed by atoms with Crippen LogP contribution in [-0.2, 0) is 33.4 Å². The van der Waals surface area contributed by atoms with Gasteiger partial charge >= 0.3 is 29.8 Å². The number of fused-ring (bicyclic) bond motifs is 2. The van der Waals surface area contributed by atoms with Gasteiger partial charge in [-0.25, -0.2) is 4.98 Å². The van der Waals surface area contributed by atoms with Crippen LogP contribution in [0, 0.1) is 37.5 Å². The molecule has 5 aromatic rings. The number of carbonyl (C=O) groups is 5. The molecule has 0 aliphatic heterocycles. The van der Waals surface area contributed by atoms with E-state index < -0.39 is 17.9 Å². The average Bonchev–Trinajstić information content (AvgIpc) is 3.92. The molecule has 3 aromatic carbocycles. The van der Waals surface area contributed by atoms with E-state index in [4.69, 9.17) is 37.8 Å². The van der Waals surface area contributed by atoms with Crippen molar-refractivity contribution in [3.63, 3.8) is 0 Å². The number of furan rings is 1. The van der Waals surface area contributed by atoms with E-state index >= 15 is 0 Å². The van der Waals surface area contributed by atoms with Crippen molar-refractivity contribution in [3.05, 3.63) is 65.7 Å². The van der Waals surface area contributed by atoms with Gasteiger partial charge in [0.2, 0.25) is 0 Å². The molecule has 0 bridgehead atoms. The lowest BCUT2D eigenvalue weighted by Gasteiger charge is -2.26. The van der Waals surface area contributed by atoms with Crippen LogP contribution >= 0.6 is 11.3 Å². The maximum absolute atomic E-state index is 13.7. The monoisotopic (exact) mass is 867 g/mol. The quantitative estimate of drug-likeness (QED) is 0.0523. The van der Waals surface area contributed by atoms with Gasteiger partial charge < -0.3 is 32.8 Å². The molecule has 2 aromatic heterocycles. The lowest BCUT2D eigenvalue weighted by Crippen LogP contribution is -2.30. The summed E-state index contributed by atoms with van der Waals surface area (Å²) in [6, 6.07) is 16.2. The zero-order valence-electron chi connectivity index (χ0n) is 35.7. The Morgan fingerprint density at radius 2 is 1.21 bits per heavy atom. The Morgan fingerprint density at radius 1 is 0.661 bits per heavy atom. The predicted octanol–water partition coefficient (Wildman–Crippen LogP) is 10.0. The summed E-state index contributed by atoms with van der Waals surface area (Å²) in [5.74, 6) is -0.874.